The highest BCUT2D eigenvalue weighted by atomic mass is 32.2. The minimum Gasteiger partial charge on any atom is -0.496 e. The van der Waals surface area contributed by atoms with E-state index in [-0.39, 0.29) is 10.8 Å². The quantitative estimate of drug-likeness (QED) is 0.558. The Morgan fingerprint density at radius 3 is 2.66 bits per heavy atom. The van der Waals surface area contributed by atoms with Gasteiger partial charge in [-0.2, -0.15) is 0 Å². The molecule has 0 radical (unpaired) electrons. The summed E-state index contributed by atoms with van der Waals surface area (Å²) in [4.78, 5) is 18.2. The van der Waals surface area contributed by atoms with Crippen molar-refractivity contribution < 1.29 is 22.7 Å². The molecule has 0 bridgehead atoms. The molecule has 2 heterocycles. The molecular weight excluding hydrogens is 426 g/mol. The van der Waals surface area contributed by atoms with Crippen LogP contribution in [0.2, 0.25) is 0 Å². The van der Waals surface area contributed by atoms with Gasteiger partial charge in [0.25, 0.3) is 0 Å². The van der Waals surface area contributed by atoms with Crippen molar-refractivity contribution in [2.75, 3.05) is 19.5 Å². The zero-order chi connectivity index (χ0) is 23.1. The molecule has 1 aliphatic heterocycles. The van der Waals surface area contributed by atoms with Gasteiger partial charge in [-0.3, -0.25) is 9.78 Å². The lowest BCUT2D eigenvalue weighted by atomic mass is 9.83. The lowest BCUT2D eigenvalue weighted by molar-refractivity contribution is -0.137. The highest BCUT2D eigenvalue weighted by molar-refractivity contribution is 7.92. The normalized spacial score (nSPS) is 21.1. The first-order chi connectivity index (χ1) is 15.2. The van der Waals surface area contributed by atoms with Crippen molar-refractivity contribution in [3.8, 4) is 5.75 Å². The number of aryl methyl sites for hydroxylation is 2. The molecule has 2 atom stereocenters. The van der Waals surface area contributed by atoms with Crippen LogP contribution in [0, 0.1) is 19.8 Å². The number of sulfone groups is 1. The predicted octanol–water partition coefficient (Wildman–Crippen LogP) is 4.15. The Morgan fingerprint density at radius 1 is 1.19 bits per heavy atom. The van der Waals surface area contributed by atoms with Crippen molar-refractivity contribution >= 4 is 26.5 Å². The summed E-state index contributed by atoms with van der Waals surface area (Å²) in [6.07, 6.45) is 0.400. The highest BCUT2D eigenvalue weighted by Gasteiger charge is 2.49. The number of rotatable bonds is 6. The smallest absolute Gasteiger partial charge is 0.186 e. The molecule has 1 aliphatic rings. The summed E-state index contributed by atoms with van der Waals surface area (Å²) in [5.74, 6) is -0.524. The van der Waals surface area contributed by atoms with Crippen molar-refractivity contribution in [2.45, 2.75) is 37.7 Å². The fourth-order valence-electron chi connectivity index (χ4n) is 4.43. The van der Waals surface area contributed by atoms with Crippen LogP contribution in [0.25, 0.3) is 10.9 Å². The molecule has 6 nitrogen and oxygen atoms in total. The Labute approximate surface area is 188 Å². The van der Waals surface area contributed by atoms with Gasteiger partial charge in [-0.05, 0) is 62.6 Å². The van der Waals surface area contributed by atoms with Crippen molar-refractivity contribution in [3.63, 3.8) is 0 Å². The van der Waals surface area contributed by atoms with Crippen LogP contribution in [0.15, 0.2) is 53.4 Å². The molecule has 32 heavy (non-hydrogen) atoms. The van der Waals surface area contributed by atoms with E-state index >= 15 is 0 Å². The van der Waals surface area contributed by atoms with Crippen LogP contribution in [-0.2, 0) is 25.0 Å². The number of methoxy groups -OCH3 is 1. The number of fused-ring (bicyclic) bond motifs is 1. The summed E-state index contributed by atoms with van der Waals surface area (Å²) in [5.41, 5.74) is 1.54. The second-order valence-corrected chi connectivity index (χ2v) is 10.6. The highest BCUT2D eigenvalue weighted by Crippen LogP contribution is 2.44. The average Bonchev–Trinajstić information content (AvgIpc) is 3.15. The molecule has 0 spiro atoms. The summed E-state index contributed by atoms with van der Waals surface area (Å²) in [7, 11) is -2.41. The Bertz CT molecular complexity index is 1300. The van der Waals surface area contributed by atoms with Gasteiger partial charge < -0.3 is 9.47 Å². The lowest BCUT2D eigenvalue weighted by Gasteiger charge is -2.29. The minimum absolute atomic E-state index is 0.105. The van der Waals surface area contributed by atoms with E-state index in [0.29, 0.717) is 35.2 Å². The molecule has 0 saturated carbocycles. The fraction of sp³-hybridized carbons (Fsp3) is 0.360. The predicted molar refractivity (Wildman–Crippen MR) is 123 cm³/mol. The monoisotopic (exact) mass is 453 g/mol. The van der Waals surface area contributed by atoms with Crippen LogP contribution in [0.4, 0.5) is 0 Å². The van der Waals surface area contributed by atoms with Gasteiger partial charge in [-0.1, -0.05) is 24.6 Å². The number of hydrogen-bond acceptors (Lipinski definition) is 6. The number of carbonyl (C=O) groups is 1. The summed E-state index contributed by atoms with van der Waals surface area (Å²) < 4.78 is 38.5. The largest absolute Gasteiger partial charge is 0.496 e. The molecule has 2 aromatic carbocycles. The lowest BCUT2D eigenvalue weighted by Crippen LogP contribution is -2.40. The maximum atomic E-state index is 13.7. The average molecular weight is 454 g/mol. The van der Waals surface area contributed by atoms with Crippen LogP contribution in [-0.4, -0.2) is 38.7 Å². The van der Waals surface area contributed by atoms with Gasteiger partial charge in [0.2, 0.25) is 0 Å². The van der Waals surface area contributed by atoms with E-state index in [1.165, 1.54) is 13.2 Å². The van der Waals surface area contributed by atoms with Crippen molar-refractivity contribution in [2.24, 2.45) is 5.92 Å². The van der Waals surface area contributed by atoms with Gasteiger partial charge in [0.1, 0.15) is 11.5 Å². The van der Waals surface area contributed by atoms with E-state index in [9.17, 15) is 13.2 Å². The first kappa shape index (κ1) is 22.4. The number of carbonyl (C=O) groups excluding carboxylic acids is 1. The van der Waals surface area contributed by atoms with E-state index in [0.717, 1.165) is 11.3 Å². The molecule has 3 aromatic rings. The maximum absolute atomic E-state index is 13.7. The molecule has 1 saturated heterocycles. The van der Waals surface area contributed by atoms with E-state index in [1.54, 1.807) is 30.3 Å². The standard InChI is InChI=1S/C25H27NO5S/c1-16-8-11-22(30-4)20(12-16)25(13-17(2)14-31-25)24(27)15-32(28,29)23-7-5-6-21-19(23)10-9-18(3)26-21/h5-12,17H,13-15H2,1-4H3/t17-,25-/m1/s1. The Hall–Kier alpha value is -2.77. The van der Waals surface area contributed by atoms with Crippen molar-refractivity contribution in [1.82, 2.24) is 4.98 Å². The number of nitrogens with zero attached hydrogens (tertiary/aromatic N) is 1. The van der Waals surface area contributed by atoms with Gasteiger partial charge in [0.15, 0.2) is 21.2 Å². The van der Waals surface area contributed by atoms with Gasteiger partial charge >= 0.3 is 0 Å². The van der Waals surface area contributed by atoms with Gasteiger partial charge in [-0.15, -0.1) is 0 Å². The van der Waals surface area contributed by atoms with E-state index in [1.807, 2.05) is 32.9 Å². The summed E-state index contributed by atoms with van der Waals surface area (Å²) in [5, 5.41) is 0.508. The Kier molecular flexibility index (Phi) is 5.81. The Balaban J connectivity index is 1.78. The number of hydrogen-bond donors (Lipinski definition) is 0. The third-order valence-corrected chi connectivity index (χ3v) is 7.65. The number of ketones is 1. The molecular formula is C25H27NO5S. The first-order valence-corrected chi connectivity index (χ1v) is 12.2. The third kappa shape index (κ3) is 3.91. The second kappa shape index (κ2) is 8.30. The number of ether oxygens (including phenoxy) is 2. The van der Waals surface area contributed by atoms with Crippen LogP contribution in [0.5, 0.6) is 5.75 Å². The number of Topliss-reactive ketones (excluding diaryl/α,β-unsaturated/α-hetero) is 1. The van der Waals surface area contributed by atoms with E-state index < -0.39 is 27.0 Å². The number of benzene rings is 2. The summed E-state index contributed by atoms with van der Waals surface area (Å²) in [6, 6.07) is 14.0. The van der Waals surface area contributed by atoms with Gasteiger partial charge in [0.05, 0.1) is 24.1 Å². The fourth-order valence-corrected chi connectivity index (χ4v) is 5.96. The number of pyridine rings is 1. The molecule has 0 aliphatic carbocycles. The molecule has 1 fully saturated rings. The van der Waals surface area contributed by atoms with E-state index in [2.05, 4.69) is 4.98 Å². The zero-order valence-electron chi connectivity index (χ0n) is 18.7. The first-order valence-electron chi connectivity index (χ1n) is 10.6. The van der Waals surface area contributed by atoms with Crippen LogP contribution in [0.3, 0.4) is 0 Å². The molecule has 1 aromatic heterocycles. The molecule has 0 N–H and O–H groups in total. The molecule has 168 valence electrons. The Morgan fingerprint density at radius 2 is 1.97 bits per heavy atom. The minimum atomic E-state index is -3.94. The molecule has 4 rings (SSSR count). The zero-order valence-corrected chi connectivity index (χ0v) is 19.5. The second-order valence-electron chi connectivity index (χ2n) is 8.61. The van der Waals surface area contributed by atoms with Crippen LogP contribution < -0.4 is 4.74 Å². The topological polar surface area (TPSA) is 82.6 Å². The van der Waals surface area contributed by atoms with Crippen LogP contribution >= 0.6 is 0 Å². The summed E-state index contributed by atoms with van der Waals surface area (Å²) in [6.45, 7) is 6.13. The van der Waals surface area contributed by atoms with Crippen molar-refractivity contribution in [3.05, 3.63) is 65.4 Å². The van der Waals surface area contributed by atoms with Gasteiger partial charge in [0, 0.05) is 16.6 Å². The maximum Gasteiger partial charge on any atom is 0.186 e. The summed E-state index contributed by atoms with van der Waals surface area (Å²) >= 11 is 0. The molecule has 0 amide bonds. The third-order valence-electron chi connectivity index (χ3n) is 5.98. The van der Waals surface area contributed by atoms with E-state index in [4.69, 9.17) is 9.47 Å². The molecule has 7 heteroatoms. The SMILES string of the molecule is COc1ccc(C)cc1[C@@]1(C(=O)CS(=O)(=O)c2cccc3nc(C)ccc23)C[C@@H](C)CO1. The van der Waals surface area contributed by atoms with Crippen LogP contribution in [0.1, 0.15) is 30.2 Å². The van der Waals surface area contributed by atoms with Crippen molar-refractivity contribution in [1.29, 1.82) is 0 Å². The number of aromatic nitrogens is 1. The molecule has 0 unspecified atom stereocenters. The van der Waals surface area contributed by atoms with Gasteiger partial charge in [-0.25, -0.2) is 8.42 Å².